The molecule has 0 saturated carbocycles. The summed E-state index contributed by atoms with van der Waals surface area (Å²) in [4.78, 5) is 13.9. The number of nitrogens with two attached hydrogens (primary N) is 1. The summed E-state index contributed by atoms with van der Waals surface area (Å²) in [7, 11) is 1.69. The first-order valence-corrected chi connectivity index (χ1v) is 6.38. The number of nitrogens with zero attached hydrogens (tertiary/aromatic N) is 1. The summed E-state index contributed by atoms with van der Waals surface area (Å²) in [5, 5.41) is 0. The predicted molar refractivity (Wildman–Crippen MR) is 77.1 cm³/mol. The van der Waals surface area contributed by atoms with Crippen LogP contribution in [0.1, 0.15) is 18.4 Å². The molecule has 1 amide bonds. The second kappa shape index (κ2) is 7.02. The van der Waals surface area contributed by atoms with Gasteiger partial charge in [0.15, 0.2) is 0 Å². The van der Waals surface area contributed by atoms with E-state index in [4.69, 9.17) is 10.5 Å². The number of hydrogen-bond acceptors (Lipinski definition) is 3. The Labute approximate surface area is 124 Å². The van der Waals surface area contributed by atoms with Crippen molar-refractivity contribution in [1.82, 2.24) is 4.90 Å². The zero-order chi connectivity index (χ0) is 13.9. The third kappa shape index (κ3) is 3.91. The molecule has 112 valence electrons. The minimum Gasteiger partial charge on any atom is -0.381 e. The van der Waals surface area contributed by atoms with Gasteiger partial charge in [0.2, 0.25) is 5.91 Å². The van der Waals surface area contributed by atoms with Crippen molar-refractivity contribution in [2.45, 2.75) is 24.9 Å². The van der Waals surface area contributed by atoms with E-state index in [1.54, 1.807) is 24.1 Å². The van der Waals surface area contributed by atoms with Gasteiger partial charge in [0.05, 0.1) is 5.54 Å². The largest absolute Gasteiger partial charge is 0.381 e. The second-order valence-corrected chi connectivity index (χ2v) is 5.06. The van der Waals surface area contributed by atoms with E-state index in [1.807, 2.05) is 0 Å². The Kier molecular flexibility index (Phi) is 5.92. The van der Waals surface area contributed by atoms with Gasteiger partial charge < -0.3 is 15.4 Å². The van der Waals surface area contributed by atoms with Gasteiger partial charge in [-0.1, -0.05) is 12.1 Å². The fourth-order valence-corrected chi connectivity index (χ4v) is 2.31. The van der Waals surface area contributed by atoms with Crippen molar-refractivity contribution >= 4 is 18.3 Å². The van der Waals surface area contributed by atoms with Crippen LogP contribution < -0.4 is 5.73 Å². The molecule has 1 saturated heterocycles. The molecule has 2 N–H and O–H groups in total. The lowest BCUT2D eigenvalue weighted by molar-refractivity contribution is -0.139. The van der Waals surface area contributed by atoms with Gasteiger partial charge >= 0.3 is 0 Å². The highest BCUT2D eigenvalue weighted by Crippen LogP contribution is 2.21. The molecule has 2 rings (SSSR count). The molecule has 1 aliphatic heterocycles. The topological polar surface area (TPSA) is 55.6 Å². The quantitative estimate of drug-likeness (QED) is 0.925. The van der Waals surface area contributed by atoms with Crippen LogP contribution in [0.3, 0.4) is 0 Å². The highest BCUT2D eigenvalue weighted by molar-refractivity contribution is 5.86. The van der Waals surface area contributed by atoms with Crippen LogP contribution in [-0.2, 0) is 16.1 Å². The molecule has 1 aliphatic rings. The molecule has 20 heavy (non-hydrogen) atoms. The molecule has 1 heterocycles. The number of amides is 1. The Morgan fingerprint density at radius 3 is 2.70 bits per heavy atom. The van der Waals surface area contributed by atoms with E-state index in [-0.39, 0.29) is 24.1 Å². The van der Waals surface area contributed by atoms with Crippen molar-refractivity contribution < 1.29 is 13.9 Å². The maximum atomic E-state index is 13.1. The first kappa shape index (κ1) is 16.9. The van der Waals surface area contributed by atoms with E-state index in [2.05, 4.69) is 0 Å². The lowest BCUT2D eigenvalue weighted by atomic mass is 9.89. The summed E-state index contributed by atoms with van der Waals surface area (Å²) in [6.07, 6.45) is 1.05. The van der Waals surface area contributed by atoms with Crippen LogP contribution in [0.2, 0.25) is 0 Å². The fourth-order valence-electron chi connectivity index (χ4n) is 2.31. The van der Waals surface area contributed by atoms with Crippen LogP contribution in [0.25, 0.3) is 0 Å². The standard InChI is InChI=1S/C14H19FN2O2.ClH/c1-17(10-11-3-2-4-12(15)9-11)13(18)14(16)5-7-19-8-6-14;/h2-4,9H,5-8,10,16H2,1H3;1H. The molecule has 0 unspecified atom stereocenters. The lowest BCUT2D eigenvalue weighted by Gasteiger charge is -2.35. The molecule has 1 fully saturated rings. The lowest BCUT2D eigenvalue weighted by Crippen LogP contribution is -2.57. The molecule has 0 spiro atoms. The number of carbonyl (C=O) groups is 1. The molecule has 4 nitrogen and oxygen atoms in total. The first-order chi connectivity index (χ1) is 9.01. The minimum atomic E-state index is -0.847. The van der Waals surface area contributed by atoms with E-state index in [0.29, 0.717) is 32.6 Å². The van der Waals surface area contributed by atoms with Crippen molar-refractivity contribution in [1.29, 1.82) is 0 Å². The zero-order valence-electron chi connectivity index (χ0n) is 11.5. The molecule has 0 radical (unpaired) electrons. The van der Waals surface area contributed by atoms with E-state index in [9.17, 15) is 9.18 Å². The predicted octanol–water partition coefficient (Wildman–Crippen LogP) is 1.71. The summed E-state index contributed by atoms with van der Waals surface area (Å²) in [5.41, 5.74) is 6.05. The average molecular weight is 303 g/mol. The van der Waals surface area contributed by atoms with Gasteiger partial charge in [0, 0.05) is 26.8 Å². The van der Waals surface area contributed by atoms with Crippen molar-refractivity contribution in [3.63, 3.8) is 0 Å². The SMILES string of the molecule is CN(Cc1cccc(F)c1)C(=O)C1(N)CCOCC1.Cl. The molecule has 0 bridgehead atoms. The van der Waals surface area contributed by atoms with Crippen LogP contribution in [0, 0.1) is 5.82 Å². The third-order valence-corrected chi connectivity index (χ3v) is 3.47. The highest BCUT2D eigenvalue weighted by atomic mass is 35.5. The average Bonchev–Trinajstić information content (AvgIpc) is 2.38. The van der Waals surface area contributed by atoms with E-state index >= 15 is 0 Å². The van der Waals surface area contributed by atoms with Crippen LogP contribution in [0.5, 0.6) is 0 Å². The molecule has 0 atom stereocenters. The second-order valence-electron chi connectivity index (χ2n) is 5.06. The van der Waals surface area contributed by atoms with E-state index in [0.717, 1.165) is 5.56 Å². The molecular weight excluding hydrogens is 283 g/mol. The number of halogens is 2. The summed E-state index contributed by atoms with van der Waals surface area (Å²) in [5.74, 6) is -0.410. The number of hydrogen-bond donors (Lipinski definition) is 1. The Bertz CT molecular complexity index is 464. The Morgan fingerprint density at radius 2 is 2.10 bits per heavy atom. The van der Waals surface area contributed by atoms with E-state index in [1.165, 1.54) is 12.1 Å². The molecule has 6 heteroatoms. The van der Waals surface area contributed by atoms with Crippen molar-refractivity contribution in [3.8, 4) is 0 Å². The normalized spacial score (nSPS) is 17.1. The van der Waals surface area contributed by atoms with Crippen LogP contribution in [0.15, 0.2) is 24.3 Å². The number of carbonyl (C=O) groups excluding carboxylic acids is 1. The van der Waals surface area contributed by atoms with Gasteiger partial charge in [-0.3, -0.25) is 4.79 Å². The Hall–Kier alpha value is -1.17. The van der Waals surface area contributed by atoms with Gasteiger partial charge in [0.25, 0.3) is 0 Å². The fraction of sp³-hybridized carbons (Fsp3) is 0.500. The van der Waals surface area contributed by atoms with Crippen molar-refractivity contribution in [2.24, 2.45) is 5.73 Å². The van der Waals surface area contributed by atoms with Crippen molar-refractivity contribution in [3.05, 3.63) is 35.6 Å². The maximum absolute atomic E-state index is 13.1. The molecule has 1 aromatic carbocycles. The number of ether oxygens (including phenoxy) is 1. The molecule has 0 aromatic heterocycles. The maximum Gasteiger partial charge on any atom is 0.242 e. The zero-order valence-corrected chi connectivity index (χ0v) is 12.3. The molecule has 1 aromatic rings. The van der Waals surface area contributed by atoms with Gasteiger partial charge in [-0.25, -0.2) is 4.39 Å². The van der Waals surface area contributed by atoms with Crippen molar-refractivity contribution in [2.75, 3.05) is 20.3 Å². The third-order valence-electron chi connectivity index (χ3n) is 3.47. The summed E-state index contributed by atoms with van der Waals surface area (Å²) >= 11 is 0. The first-order valence-electron chi connectivity index (χ1n) is 6.38. The Balaban J connectivity index is 0.00000200. The summed E-state index contributed by atoms with van der Waals surface area (Å²) in [6.45, 7) is 1.38. The highest BCUT2D eigenvalue weighted by Gasteiger charge is 2.37. The number of rotatable bonds is 3. The van der Waals surface area contributed by atoms with E-state index < -0.39 is 5.54 Å². The van der Waals surface area contributed by atoms with Gasteiger partial charge in [-0.15, -0.1) is 12.4 Å². The van der Waals surface area contributed by atoms with Gasteiger partial charge in [-0.2, -0.15) is 0 Å². The van der Waals surface area contributed by atoms with Crippen LogP contribution in [0.4, 0.5) is 4.39 Å². The Morgan fingerprint density at radius 1 is 1.45 bits per heavy atom. The number of benzene rings is 1. The van der Waals surface area contributed by atoms with Gasteiger partial charge in [0.1, 0.15) is 5.82 Å². The molecule has 0 aliphatic carbocycles. The number of likely N-dealkylation sites (N-methyl/N-ethyl adjacent to an activating group) is 1. The van der Waals surface area contributed by atoms with Gasteiger partial charge in [-0.05, 0) is 30.5 Å². The van der Waals surface area contributed by atoms with Crippen LogP contribution in [-0.4, -0.2) is 36.6 Å². The molecular formula is C14H20ClFN2O2. The smallest absolute Gasteiger partial charge is 0.242 e. The monoisotopic (exact) mass is 302 g/mol. The minimum absolute atomic E-state index is 0. The summed E-state index contributed by atoms with van der Waals surface area (Å²) in [6, 6.07) is 6.24. The summed E-state index contributed by atoms with van der Waals surface area (Å²) < 4.78 is 18.3. The van der Waals surface area contributed by atoms with Crippen LogP contribution >= 0.6 is 12.4 Å².